The van der Waals surface area contributed by atoms with Gasteiger partial charge in [-0.2, -0.15) is 0 Å². The fourth-order valence-electron chi connectivity index (χ4n) is 7.85. The smallest absolute Gasteiger partial charge is 0.167 e. The lowest BCUT2D eigenvalue weighted by Gasteiger charge is -2.11. The molecule has 0 saturated heterocycles. The Kier molecular flexibility index (Phi) is 7.64. The second-order valence-electron chi connectivity index (χ2n) is 13.9. The summed E-state index contributed by atoms with van der Waals surface area (Å²) in [6, 6.07) is 65.7. The van der Waals surface area contributed by atoms with E-state index in [1.165, 1.54) is 20.2 Å². The molecule has 0 saturated carbocycles. The van der Waals surface area contributed by atoms with Gasteiger partial charge in [0.2, 0.25) is 0 Å². The second kappa shape index (κ2) is 13.3. The zero-order chi connectivity index (χ0) is 37.0. The van der Waals surface area contributed by atoms with Crippen LogP contribution in [0.5, 0.6) is 0 Å². The van der Waals surface area contributed by atoms with Crippen LogP contribution in [0.1, 0.15) is 0 Å². The third kappa shape index (κ3) is 5.48. The van der Waals surface area contributed by atoms with Crippen molar-refractivity contribution >= 4 is 53.4 Å². The van der Waals surface area contributed by atoms with Crippen molar-refractivity contribution in [3.8, 4) is 67.5 Å². The lowest BCUT2D eigenvalue weighted by molar-refractivity contribution is 0.670. The summed E-state index contributed by atoms with van der Waals surface area (Å²) in [5, 5.41) is 4.58. The molecule has 0 bridgehead atoms. The van der Waals surface area contributed by atoms with Crippen LogP contribution in [-0.4, -0.2) is 15.0 Å². The first-order chi connectivity index (χ1) is 27.7. The van der Waals surface area contributed by atoms with Crippen LogP contribution in [0, 0.1) is 0 Å². The van der Waals surface area contributed by atoms with Crippen molar-refractivity contribution < 1.29 is 4.42 Å². The number of benzene rings is 8. The molecule has 0 N–H and O–H groups in total. The molecular weight excluding hydrogens is 703 g/mol. The first-order valence-electron chi connectivity index (χ1n) is 18.7. The standard InChI is InChI=1S/C51H31N3OS/c1-5-15-32(16-6-1)37-30-41(33-17-7-2-8-18-33)47-43(31-37)46-38(36-25-28-45-42(29-36)39-23-13-14-24-44(39)56-45)26-27-40(48(46)55-47)51-53-49(34-19-9-3-10-20-34)52-50(54-51)35-21-11-4-12-22-35/h1-31H. The second-order valence-corrected chi connectivity index (χ2v) is 15.0. The summed E-state index contributed by atoms with van der Waals surface area (Å²) in [6.45, 7) is 0. The van der Waals surface area contributed by atoms with Crippen LogP contribution in [-0.2, 0) is 0 Å². The quantitative estimate of drug-likeness (QED) is 0.171. The molecule has 0 radical (unpaired) electrons. The van der Waals surface area contributed by atoms with E-state index < -0.39 is 0 Å². The van der Waals surface area contributed by atoms with Crippen LogP contribution >= 0.6 is 11.3 Å². The third-order valence-electron chi connectivity index (χ3n) is 10.5. The van der Waals surface area contributed by atoms with Crippen molar-refractivity contribution in [2.75, 3.05) is 0 Å². The predicted octanol–water partition coefficient (Wildman–Crippen LogP) is 14.1. The van der Waals surface area contributed by atoms with Gasteiger partial charge < -0.3 is 4.42 Å². The molecule has 0 unspecified atom stereocenters. The molecule has 0 aliphatic rings. The third-order valence-corrected chi connectivity index (χ3v) is 11.7. The van der Waals surface area contributed by atoms with E-state index in [0.717, 1.165) is 72.0 Å². The van der Waals surface area contributed by atoms with Crippen LogP contribution in [0.2, 0.25) is 0 Å². The topological polar surface area (TPSA) is 51.8 Å². The summed E-state index contributed by atoms with van der Waals surface area (Å²) >= 11 is 1.83. The number of rotatable bonds is 6. The van der Waals surface area contributed by atoms with E-state index in [-0.39, 0.29) is 0 Å². The molecule has 0 spiro atoms. The summed E-state index contributed by atoms with van der Waals surface area (Å²) in [7, 11) is 0. The van der Waals surface area contributed by atoms with Gasteiger partial charge in [-0.05, 0) is 64.2 Å². The fourth-order valence-corrected chi connectivity index (χ4v) is 8.94. The highest BCUT2D eigenvalue weighted by atomic mass is 32.1. The van der Waals surface area contributed by atoms with E-state index in [0.29, 0.717) is 17.5 Å². The Hall–Kier alpha value is -7.21. The molecule has 0 aliphatic carbocycles. The van der Waals surface area contributed by atoms with Crippen molar-refractivity contribution in [2.45, 2.75) is 0 Å². The fraction of sp³-hybridized carbons (Fsp3) is 0. The van der Waals surface area contributed by atoms with Gasteiger partial charge in [-0.1, -0.05) is 152 Å². The summed E-state index contributed by atoms with van der Waals surface area (Å²) in [5.74, 6) is 1.76. The van der Waals surface area contributed by atoms with Gasteiger partial charge in [0.25, 0.3) is 0 Å². The molecule has 0 amide bonds. The van der Waals surface area contributed by atoms with E-state index in [4.69, 9.17) is 19.4 Å². The maximum atomic E-state index is 7.21. The molecule has 11 rings (SSSR count). The van der Waals surface area contributed by atoms with Gasteiger partial charge in [0.1, 0.15) is 11.2 Å². The number of furan rings is 1. The van der Waals surface area contributed by atoms with Crippen molar-refractivity contribution in [3.05, 3.63) is 188 Å². The first-order valence-corrected chi connectivity index (χ1v) is 19.5. The van der Waals surface area contributed by atoms with Gasteiger partial charge in [0.05, 0.1) is 5.56 Å². The molecule has 11 aromatic rings. The first kappa shape index (κ1) is 32.2. The maximum absolute atomic E-state index is 7.21. The average Bonchev–Trinajstić information content (AvgIpc) is 3.85. The number of hydrogen-bond donors (Lipinski definition) is 0. The summed E-state index contributed by atoms with van der Waals surface area (Å²) in [4.78, 5) is 15.3. The molecule has 4 nitrogen and oxygen atoms in total. The Balaban J connectivity index is 1.25. The van der Waals surface area contributed by atoms with Gasteiger partial charge >= 0.3 is 0 Å². The zero-order valence-corrected chi connectivity index (χ0v) is 30.9. The minimum Gasteiger partial charge on any atom is -0.455 e. The highest BCUT2D eigenvalue weighted by Gasteiger charge is 2.24. The molecule has 0 fully saturated rings. The number of nitrogens with zero attached hydrogens (tertiary/aromatic N) is 3. The van der Waals surface area contributed by atoms with Crippen molar-refractivity contribution in [1.29, 1.82) is 0 Å². The van der Waals surface area contributed by atoms with E-state index in [1.807, 2.05) is 72.0 Å². The SMILES string of the molecule is c1ccc(-c2cc(-c3ccccc3)c3oc4c(-c5nc(-c6ccccc6)nc(-c6ccccc6)n5)ccc(-c5ccc6sc7ccccc7c6c5)c4c3c2)cc1. The van der Waals surface area contributed by atoms with Crippen molar-refractivity contribution in [2.24, 2.45) is 0 Å². The van der Waals surface area contributed by atoms with Crippen LogP contribution < -0.4 is 0 Å². The van der Waals surface area contributed by atoms with Gasteiger partial charge in [0.15, 0.2) is 17.5 Å². The Morgan fingerprint density at radius 2 is 0.857 bits per heavy atom. The maximum Gasteiger partial charge on any atom is 0.167 e. The van der Waals surface area contributed by atoms with E-state index in [2.05, 4.69) is 127 Å². The van der Waals surface area contributed by atoms with Gasteiger partial charge in [-0.15, -0.1) is 11.3 Å². The number of thiophene rings is 1. The highest BCUT2D eigenvalue weighted by molar-refractivity contribution is 7.25. The zero-order valence-electron chi connectivity index (χ0n) is 30.1. The van der Waals surface area contributed by atoms with Crippen molar-refractivity contribution in [3.63, 3.8) is 0 Å². The van der Waals surface area contributed by atoms with E-state index in [1.54, 1.807) is 0 Å². The Labute approximate surface area is 327 Å². The predicted molar refractivity (Wildman–Crippen MR) is 233 cm³/mol. The molecule has 56 heavy (non-hydrogen) atoms. The lowest BCUT2D eigenvalue weighted by Crippen LogP contribution is -2.00. The normalized spacial score (nSPS) is 11.6. The van der Waals surface area contributed by atoms with Gasteiger partial charge in [-0.3, -0.25) is 0 Å². The van der Waals surface area contributed by atoms with E-state index >= 15 is 0 Å². The molecule has 0 atom stereocenters. The Morgan fingerprint density at radius 1 is 0.321 bits per heavy atom. The minimum atomic E-state index is 0.553. The number of fused-ring (bicyclic) bond motifs is 6. The summed E-state index contributed by atoms with van der Waals surface area (Å²) < 4.78 is 9.76. The number of hydrogen-bond acceptors (Lipinski definition) is 5. The van der Waals surface area contributed by atoms with E-state index in [9.17, 15) is 0 Å². The Morgan fingerprint density at radius 3 is 1.54 bits per heavy atom. The highest BCUT2D eigenvalue weighted by Crippen LogP contribution is 2.47. The van der Waals surface area contributed by atoms with Crippen molar-refractivity contribution in [1.82, 2.24) is 15.0 Å². The van der Waals surface area contributed by atoms with Crippen LogP contribution in [0.4, 0.5) is 0 Å². The molecule has 5 heteroatoms. The van der Waals surface area contributed by atoms with Gasteiger partial charge in [-0.25, -0.2) is 15.0 Å². The molecule has 3 heterocycles. The molecule has 8 aromatic carbocycles. The molecular formula is C51H31N3OS. The monoisotopic (exact) mass is 733 g/mol. The largest absolute Gasteiger partial charge is 0.455 e. The minimum absolute atomic E-state index is 0.553. The molecule has 0 aliphatic heterocycles. The van der Waals surface area contributed by atoms with Gasteiger partial charge in [0, 0.05) is 47.6 Å². The summed E-state index contributed by atoms with van der Waals surface area (Å²) in [5.41, 5.74) is 10.8. The number of aromatic nitrogens is 3. The van der Waals surface area contributed by atoms with Crippen LogP contribution in [0.25, 0.3) is 110 Å². The van der Waals surface area contributed by atoms with Crippen LogP contribution in [0.3, 0.4) is 0 Å². The molecule has 262 valence electrons. The molecule has 3 aromatic heterocycles. The average molecular weight is 734 g/mol. The summed E-state index contributed by atoms with van der Waals surface area (Å²) in [6.07, 6.45) is 0. The van der Waals surface area contributed by atoms with Crippen LogP contribution in [0.15, 0.2) is 192 Å². The lowest BCUT2D eigenvalue weighted by atomic mass is 9.92. The Bertz CT molecular complexity index is 3170.